The lowest BCUT2D eigenvalue weighted by Gasteiger charge is -2.13. The van der Waals surface area contributed by atoms with E-state index in [-0.39, 0.29) is 16.4 Å². The number of thioether (sulfide) groups is 1. The van der Waals surface area contributed by atoms with Crippen molar-refractivity contribution >= 4 is 23.4 Å². The van der Waals surface area contributed by atoms with Crippen LogP contribution in [-0.2, 0) is 17.1 Å². The molecule has 0 unspecified atom stereocenters. The lowest BCUT2D eigenvalue weighted by molar-refractivity contribution is -0.138. The van der Waals surface area contributed by atoms with Crippen LogP contribution in [0, 0.1) is 18.3 Å². The molecule has 28 heavy (non-hydrogen) atoms. The van der Waals surface area contributed by atoms with Crippen LogP contribution < -0.4 is 5.32 Å². The molecule has 0 saturated heterocycles. The molecular weight excluding hydrogens is 408 g/mol. The van der Waals surface area contributed by atoms with Crippen LogP contribution in [0.3, 0.4) is 0 Å². The monoisotopic (exact) mass is 419 g/mol. The fourth-order valence-electron chi connectivity index (χ4n) is 2.18. The van der Waals surface area contributed by atoms with E-state index in [4.69, 9.17) is 5.26 Å². The summed E-state index contributed by atoms with van der Waals surface area (Å²) in [7, 11) is 0. The van der Waals surface area contributed by atoms with Crippen LogP contribution in [0.5, 0.6) is 0 Å². The number of aromatic nitrogens is 1. The van der Waals surface area contributed by atoms with Crippen molar-refractivity contribution in [3.05, 3.63) is 52.7 Å². The summed E-state index contributed by atoms with van der Waals surface area (Å²) in [6.07, 6.45) is -9.36. The predicted molar refractivity (Wildman–Crippen MR) is 89.5 cm³/mol. The molecule has 1 aromatic heterocycles. The Morgan fingerprint density at radius 1 is 1.18 bits per heavy atom. The highest BCUT2D eigenvalue weighted by atomic mass is 32.2. The van der Waals surface area contributed by atoms with Crippen molar-refractivity contribution in [3.63, 3.8) is 0 Å². The number of nitrogens with zero attached hydrogens (tertiary/aromatic N) is 2. The Morgan fingerprint density at radius 3 is 2.43 bits per heavy atom. The smallest absolute Gasteiger partial charge is 0.325 e. The predicted octanol–water partition coefficient (Wildman–Crippen LogP) is 5.03. The highest BCUT2D eigenvalue weighted by Crippen LogP contribution is 2.36. The third-order valence-electron chi connectivity index (χ3n) is 3.35. The van der Waals surface area contributed by atoms with Gasteiger partial charge in [0.15, 0.2) is 0 Å². The summed E-state index contributed by atoms with van der Waals surface area (Å²) in [5.41, 5.74) is -2.95. The molecule has 0 aliphatic carbocycles. The summed E-state index contributed by atoms with van der Waals surface area (Å²) in [5, 5.41) is 11.0. The molecule has 0 aliphatic heterocycles. The Bertz CT molecular complexity index is 934. The summed E-state index contributed by atoms with van der Waals surface area (Å²) in [6.45, 7) is 1.31. The van der Waals surface area contributed by atoms with E-state index in [0.29, 0.717) is 11.8 Å². The second-order valence-corrected chi connectivity index (χ2v) is 6.48. The molecule has 1 amide bonds. The van der Waals surface area contributed by atoms with Crippen LogP contribution >= 0.6 is 11.8 Å². The summed E-state index contributed by atoms with van der Waals surface area (Å²) in [6, 6.07) is 6.08. The van der Waals surface area contributed by atoms with Gasteiger partial charge >= 0.3 is 12.4 Å². The molecule has 1 aromatic carbocycles. The zero-order valence-electron chi connectivity index (χ0n) is 14.1. The molecule has 0 aliphatic rings. The fourth-order valence-corrected chi connectivity index (χ4v) is 3.03. The first kappa shape index (κ1) is 21.6. The first-order valence-corrected chi connectivity index (χ1v) is 8.49. The molecule has 1 N–H and O–H groups in total. The van der Waals surface area contributed by atoms with Crippen molar-refractivity contribution in [2.45, 2.75) is 24.3 Å². The molecule has 11 heteroatoms. The van der Waals surface area contributed by atoms with Gasteiger partial charge in [-0.25, -0.2) is 4.98 Å². The Labute approximate surface area is 159 Å². The number of aryl methyl sites for hydroxylation is 1. The zero-order valence-corrected chi connectivity index (χ0v) is 14.9. The van der Waals surface area contributed by atoms with E-state index in [9.17, 15) is 31.1 Å². The molecule has 148 valence electrons. The SMILES string of the molecule is Cc1cc(C(F)(F)F)c(C#N)c(SCC(=O)Nc2cccc(C(F)(F)F)c2)n1. The van der Waals surface area contributed by atoms with E-state index in [1.165, 1.54) is 19.1 Å². The number of anilines is 1. The van der Waals surface area contributed by atoms with Gasteiger partial charge in [-0.3, -0.25) is 4.79 Å². The molecular formula is C17H11F6N3OS. The molecule has 4 nitrogen and oxygen atoms in total. The molecule has 2 aromatic rings. The third kappa shape index (κ3) is 5.39. The standard InChI is InChI=1S/C17H11F6N3OS/c1-9-5-13(17(21,22)23)12(7-24)15(25-9)28-8-14(27)26-11-4-2-3-10(6-11)16(18,19)20/h2-6H,8H2,1H3,(H,26,27). The van der Waals surface area contributed by atoms with Crippen LogP contribution in [0.15, 0.2) is 35.4 Å². The highest BCUT2D eigenvalue weighted by molar-refractivity contribution is 8.00. The maximum atomic E-state index is 13.1. The van der Waals surface area contributed by atoms with Crippen LogP contribution in [0.2, 0.25) is 0 Å². The largest absolute Gasteiger partial charge is 0.417 e. The quantitative estimate of drug-likeness (QED) is 0.558. The Morgan fingerprint density at radius 2 is 1.86 bits per heavy atom. The number of benzene rings is 1. The lowest BCUT2D eigenvalue weighted by atomic mass is 10.1. The molecule has 0 atom stereocenters. The van der Waals surface area contributed by atoms with E-state index >= 15 is 0 Å². The van der Waals surface area contributed by atoms with Crippen molar-refractivity contribution < 1.29 is 31.1 Å². The minimum Gasteiger partial charge on any atom is -0.325 e. The molecule has 0 radical (unpaired) electrons. The van der Waals surface area contributed by atoms with Crippen molar-refractivity contribution in [1.29, 1.82) is 5.26 Å². The minimum absolute atomic E-state index is 0.00658. The third-order valence-corrected chi connectivity index (χ3v) is 4.32. The Balaban J connectivity index is 2.16. The average molecular weight is 419 g/mol. The number of pyridine rings is 1. The van der Waals surface area contributed by atoms with Gasteiger partial charge in [0.05, 0.1) is 22.4 Å². The van der Waals surface area contributed by atoms with Gasteiger partial charge in [-0.1, -0.05) is 17.8 Å². The topological polar surface area (TPSA) is 65.8 Å². The summed E-state index contributed by atoms with van der Waals surface area (Å²) in [5.74, 6) is -1.20. The lowest BCUT2D eigenvalue weighted by Crippen LogP contribution is -2.16. The van der Waals surface area contributed by atoms with Crippen LogP contribution in [-0.4, -0.2) is 16.6 Å². The fraction of sp³-hybridized carbons (Fsp3) is 0.235. The second kappa shape index (κ2) is 8.10. The van der Waals surface area contributed by atoms with E-state index in [1.807, 2.05) is 0 Å². The van der Waals surface area contributed by atoms with Gasteiger partial charge in [-0.15, -0.1) is 0 Å². The van der Waals surface area contributed by atoms with Crippen molar-refractivity contribution in [3.8, 4) is 6.07 Å². The molecule has 0 spiro atoms. The Hall–Kier alpha value is -2.74. The zero-order chi connectivity index (χ0) is 21.1. The van der Waals surface area contributed by atoms with Crippen molar-refractivity contribution in [2.75, 3.05) is 11.1 Å². The van der Waals surface area contributed by atoms with Gasteiger partial charge in [0, 0.05) is 11.4 Å². The van der Waals surface area contributed by atoms with Gasteiger partial charge in [-0.2, -0.15) is 31.6 Å². The van der Waals surface area contributed by atoms with E-state index in [1.54, 1.807) is 0 Å². The van der Waals surface area contributed by atoms with Gasteiger partial charge in [0.2, 0.25) is 5.91 Å². The maximum absolute atomic E-state index is 13.1. The molecule has 0 saturated carbocycles. The molecule has 0 fully saturated rings. The van der Waals surface area contributed by atoms with Gasteiger partial charge in [0.1, 0.15) is 11.1 Å². The van der Waals surface area contributed by atoms with Crippen LogP contribution in [0.4, 0.5) is 32.0 Å². The summed E-state index contributed by atoms with van der Waals surface area (Å²) < 4.78 is 77.2. The van der Waals surface area contributed by atoms with Crippen LogP contribution in [0.25, 0.3) is 0 Å². The van der Waals surface area contributed by atoms with Crippen molar-refractivity contribution in [1.82, 2.24) is 4.98 Å². The van der Waals surface area contributed by atoms with E-state index in [2.05, 4.69) is 10.3 Å². The maximum Gasteiger partial charge on any atom is 0.417 e. The van der Waals surface area contributed by atoms with E-state index < -0.39 is 40.7 Å². The average Bonchev–Trinajstić information content (AvgIpc) is 2.58. The Kier molecular flexibility index (Phi) is 6.23. The number of carbonyl (C=O) groups excluding carboxylic acids is 1. The van der Waals surface area contributed by atoms with Crippen molar-refractivity contribution in [2.24, 2.45) is 0 Å². The number of carbonyl (C=O) groups is 1. The number of rotatable bonds is 4. The number of nitrogens with one attached hydrogen (secondary N) is 1. The summed E-state index contributed by atoms with van der Waals surface area (Å²) in [4.78, 5) is 15.8. The minimum atomic E-state index is -4.77. The van der Waals surface area contributed by atoms with Gasteiger partial charge in [-0.05, 0) is 31.2 Å². The number of alkyl halides is 6. The molecule has 2 rings (SSSR count). The highest BCUT2D eigenvalue weighted by Gasteiger charge is 2.35. The summed E-state index contributed by atoms with van der Waals surface area (Å²) >= 11 is 0.585. The first-order chi connectivity index (χ1) is 12.9. The van der Waals surface area contributed by atoms with Crippen LogP contribution in [0.1, 0.15) is 22.4 Å². The number of halogens is 6. The number of amides is 1. The number of hydrogen-bond acceptors (Lipinski definition) is 4. The molecule has 0 bridgehead atoms. The van der Waals surface area contributed by atoms with Gasteiger partial charge in [0.25, 0.3) is 0 Å². The normalized spacial score (nSPS) is 11.8. The number of nitriles is 1. The second-order valence-electron chi connectivity index (χ2n) is 5.52. The first-order valence-electron chi connectivity index (χ1n) is 7.50. The number of hydrogen-bond donors (Lipinski definition) is 1. The van der Waals surface area contributed by atoms with E-state index in [0.717, 1.165) is 24.3 Å². The molecule has 1 heterocycles. The van der Waals surface area contributed by atoms with Gasteiger partial charge < -0.3 is 5.32 Å².